The van der Waals surface area contributed by atoms with Crippen molar-refractivity contribution in [2.24, 2.45) is 5.73 Å². The number of aliphatic carboxylic acids is 1. The van der Waals surface area contributed by atoms with Gasteiger partial charge in [-0.1, -0.05) is 6.08 Å². The summed E-state index contributed by atoms with van der Waals surface area (Å²) < 4.78 is 0. The van der Waals surface area contributed by atoms with Gasteiger partial charge < -0.3 is 16.2 Å². The van der Waals surface area contributed by atoms with E-state index in [2.05, 4.69) is 11.9 Å². The van der Waals surface area contributed by atoms with Crippen LogP contribution in [0.3, 0.4) is 0 Å². The van der Waals surface area contributed by atoms with Crippen molar-refractivity contribution in [3.8, 4) is 0 Å². The minimum absolute atomic E-state index is 0.225. The van der Waals surface area contributed by atoms with E-state index in [9.17, 15) is 9.59 Å². The summed E-state index contributed by atoms with van der Waals surface area (Å²) in [6.07, 6.45) is 1.12. The number of hydrogen-bond donors (Lipinski definition) is 3. The number of carbonyl (C=O) groups excluding carboxylic acids is 1. The molecule has 0 aliphatic rings. The second kappa shape index (κ2) is 4.45. The van der Waals surface area contributed by atoms with Crippen molar-refractivity contribution in [1.82, 2.24) is 5.32 Å². The first kappa shape index (κ1) is 9.64. The largest absolute Gasteiger partial charge is 0.479 e. The molecule has 0 saturated heterocycles. The van der Waals surface area contributed by atoms with Gasteiger partial charge in [0.2, 0.25) is 5.91 Å². The van der Waals surface area contributed by atoms with E-state index in [-0.39, 0.29) is 6.54 Å². The summed E-state index contributed by atoms with van der Waals surface area (Å²) in [7, 11) is 0. The van der Waals surface area contributed by atoms with Gasteiger partial charge in [0.1, 0.15) is 6.04 Å². The van der Waals surface area contributed by atoms with Crippen LogP contribution in [0, 0.1) is 0 Å². The second-order valence-electron chi connectivity index (χ2n) is 1.82. The minimum Gasteiger partial charge on any atom is -0.479 e. The lowest BCUT2D eigenvalue weighted by Gasteiger charge is -2.07. The maximum Gasteiger partial charge on any atom is 0.330 e. The van der Waals surface area contributed by atoms with Gasteiger partial charge in [-0.15, -0.1) is 6.58 Å². The van der Waals surface area contributed by atoms with E-state index in [1.54, 1.807) is 0 Å². The molecule has 0 rings (SSSR count). The maximum atomic E-state index is 10.5. The van der Waals surface area contributed by atoms with E-state index < -0.39 is 17.9 Å². The third-order valence-electron chi connectivity index (χ3n) is 1.00. The highest BCUT2D eigenvalue weighted by molar-refractivity contribution is 5.85. The van der Waals surface area contributed by atoms with Crippen molar-refractivity contribution in [3.63, 3.8) is 0 Å². The van der Waals surface area contributed by atoms with Gasteiger partial charge in [0, 0.05) is 0 Å². The number of hydrogen-bond acceptors (Lipinski definition) is 3. The number of nitrogens with two attached hydrogens (primary N) is 1. The van der Waals surface area contributed by atoms with E-state index in [0.29, 0.717) is 0 Å². The quantitative estimate of drug-likeness (QED) is 0.443. The second-order valence-corrected chi connectivity index (χ2v) is 1.82. The fraction of sp³-hybridized carbons (Fsp3) is 0.333. The van der Waals surface area contributed by atoms with Crippen LogP contribution in [0.5, 0.6) is 0 Å². The molecule has 0 aromatic carbocycles. The van der Waals surface area contributed by atoms with Crippen LogP contribution >= 0.6 is 0 Å². The van der Waals surface area contributed by atoms with Gasteiger partial charge >= 0.3 is 5.97 Å². The summed E-state index contributed by atoms with van der Waals surface area (Å²) in [6, 6.07) is -1.05. The molecule has 1 atom stereocenters. The molecule has 0 radical (unpaired) electrons. The van der Waals surface area contributed by atoms with E-state index in [1.165, 1.54) is 0 Å². The molecule has 0 spiro atoms. The summed E-state index contributed by atoms with van der Waals surface area (Å²) >= 11 is 0. The van der Waals surface area contributed by atoms with Crippen molar-refractivity contribution >= 4 is 11.9 Å². The monoisotopic (exact) mass is 158 g/mol. The van der Waals surface area contributed by atoms with Gasteiger partial charge in [-0.3, -0.25) is 4.79 Å². The Bertz CT molecular complexity index is 179. The molecule has 5 nitrogen and oxygen atoms in total. The molecule has 62 valence electrons. The Balaban J connectivity index is 3.98. The van der Waals surface area contributed by atoms with Crippen molar-refractivity contribution in [2.75, 3.05) is 6.54 Å². The standard InChI is InChI=1S/C6H10N2O3/c1-2-4(6(10)11)8-5(9)3-7/h2,4H,1,3,7H2,(H,8,9)(H,10,11). The average Bonchev–Trinajstić information content (AvgIpc) is 1.99. The molecule has 1 amide bonds. The zero-order valence-electron chi connectivity index (χ0n) is 5.91. The molecule has 0 aromatic rings. The molecule has 11 heavy (non-hydrogen) atoms. The lowest BCUT2D eigenvalue weighted by molar-refractivity contribution is -0.140. The number of carboxylic acids is 1. The lowest BCUT2D eigenvalue weighted by Crippen LogP contribution is -2.42. The third kappa shape index (κ3) is 3.36. The number of carbonyl (C=O) groups is 2. The lowest BCUT2D eigenvalue weighted by atomic mass is 10.3. The van der Waals surface area contributed by atoms with Gasteiger partial charge in [-0.05, 0) is 0 Å². The van der Waals surface area contributed by atoms with Crippen LogP contribution in [0.25, 0.3) is 0 Å². The summed E-state index contributed by atoms with van der Waals surface area (Å²) in [5, 5.41) is 10.5. The molecular weight excluding hydrogens is 148 g/mol. The summed E-state index contributed by atoms with van der Waals surface area (Å²) in [4.78, 5) is 20.8. The number of nitrogens with one attached hydrogen (secondary N) is 1. The molecule has 0 heterocycles. The van der Waals surface area contributed by atoms with E-state index >= 15 is 0 Å². The Morgan fingerprint density at radius 2 is 2.27 bits per heavy atom. The fourth-order valence-electron chi connectivity index (χ4n) is 0.454. The Labute approximate surface area is 63.9 Å². The van der Waals surface area contributed by atoms with Crippen LogP contribution in [0.15, 0.2) is 12.7 Å². The van der Waals surface area contributed by atoms with Gasteiger partial charge in [-0.25, -0.2) is 4.79 Å². The summed E-state index contributed by atoms with van der Waals surface area (Å²) in [6.45, 7) is 3.01. The molecule has 1 unspecified atom stereocenters. The smallest absolute Gasteiger partial charge is 0.330 e. The molecule has 0 aliphatic heterocycles. The summed E-state index contributed by atoms with van der Waals surface area (Å²) in [5.74, 6) is -1.67. The van der Waals surface area contributed by atoms with Crippen LogP contribution in [-0.2, 0) is 9.59 Å². The predicted molar refractivity (Wildman–Crippen MR) is 38.8 cm³/mol. The van der Waals surface area contributed by atoms with E-state index in [4.69, 9.17) is 10.8 Å². The van der Waals surface area contributed by atoms with Crippen molar-refractivity contribution in [3.05, 3.63) is 12.7 Å². The molecule has 5 heteroatoms. The van der Waals surface area contributed by atoms with Crippen molar-refractivity contribution < 1.29 is 14.7 Å². The van der Waals surface area contributed by atoms with Crippen LogP contribution in [0.1, 0.15) is 0 Å². The Morgan fingerprint density at radius 1 is 1.73 bits per heavy atom. The Morgan fingerprint density at radius 3 is 2.55 bits per heavy atom. The molecule has 0 bridgehead atoms. The first-order valence-electron chi connectivity index (χ1n) is 2.96. The topological polar surface area (TPSA) is 92.4 Å². The number of carboxylic acid groups (broad SMARTS) is 1. The molecule has 0 saturated carbocycles. The fourth-order valence-corrected chi connectivity index (χ4v) is 0.454. The van der Waals surface area contributed by atoms with Gasteiger partial charge in [0.15, 0.2) is 0 Å². The number of amides is 1. The minimum atomic E-state index is -1.15. The van der Waals surface area contributed by atoms with Gasteiger partial charge in [0.25, 0.3) is 0 Å². The zero-order valence-corrected chi connectivity index (χ0v) is 5.91. The zero-order chi connectivity index (χ0) is 8.85. The highest BCUT2D eigenvalue weighted by atomic mass is 16.4. The van der Waals surface area contributed by atoms with E-state index in [1.807, 2.05) is 0 Å². The van der Waals surface area contributed by atoms with Crippen LogP contribution in [0.2, 0.25) is 0 Å². The van der Waals surface area contributed by atoms with Crippen LogP contribution < -0.4 is 11.1 Å². The van der Waals surface area contributed by atoms with E-state index in [0.717, 1.165) is 6.08 Å². The Kier molecular flexibility index (Phi) is 3.90. The molecule has 0 aliphatic carbocycles. The average molecular weight is 158 g/mol. The van der Waals surface area contributed by atoms with Gasteiger partial charge in [-0.2, -0.15) is 0 Å². The Hall–Kier alpha value is -1.36. The van der Waals surface area contributed by atoms with Crippen LogP contribution in [-0.4, -0.2) is 29.6 Å². The van der Waals surface area contributed by atoms with Gasteiger partial charge in [0.05, 0.1) is 6.54 Å². The third-order valence-corrected chi connectivity index (χ3v) is 1.00. The molecule has 0 fully saturated rings. The first-order chi connectivity index (χ1) is 5.11. The molecule has 4 N–H and O–H groups in total. The molecular formula is C6H10N2O3. The summed E-state index contributed by atoms with van der Waals surface area (Å²) in [5.41, 5.74) is 4.94. The highest BCUT2D eigenvalue weighted by Gasteiger charge is 2.14. The van der Waals surface area contributed by atoms with Crippen molar-refractivity contribution in [1.29, 1.82) is 0 Å². The number of rotatable bonds is 4. The SMILES string of the molecule is C=CC(NC(=O)CN)C(=O)O. The molecule has 0 aromatic heterocycles. The predicted octanol–water partition coefficient (Wildman–Crippen LogP) is -1.30. The van der Waals surface area contributed by atoms with Crippen LogP contribution in [0.4, 0.5) is 0 Å². The highest BCUT2D eigenvalue weighted by Crippen LogP contribution is 1.83. The first-order valence-corrected chi connectivity index (χ1v) is 2.96. The normalized spacial score (nSPS) is 11.7. The van der Waals surface area contributed by atoms with Crippen molar-refractivity contribution in [2.45, 2.75) is 6.04 Å². The maximum absolute atomic E-state index is 10.5.